The summed E-state index contributed by atoms with van der Waals surface area (Å²) in [5.41, 5.74) is 3.20. The van der Waals surface area contributed by atoms with Gasteiger partial charge in [0.2, 0.25) is 0 Å². The monoisotopic (exact) mass is 317 g/mol. The van der Waals surface area contributed by atoms with Crippen LogP contribution in [0.4, 0.5) is 5.82 Å². The predicted octanol–water partition coefficient (Wildman–Crippen LogP) is 1.32. The van der Waals surface area contributed by atoms with E-state index < -0.39 is 0 Å². The molecule has 0 aromatic carbocycles. The van der Waals surface area contributed by atoms with Crippen molar-refractivity contribution in [1.82, 2.24) is 19.3 Å². The minimum atomic E-state index is -0.114. The highest BCUT2D eigenvalue weighted by molar-refractivity contribution is 5.32. The van der Waals surface area contributed by atoms with Gasteiger partial charge in [0.25, 0.3) is 5.56 Å². The predicted molar refractivity (Wildman–Crippen MR) is 87.4 cm³/mol. The first-order valence-corrected chi connectivity index (χ1v) is 7.86. The average Bonchev–Trinajstić information content (AvgIpc) is 3.06. The second-order valence-corrected chi connectivity index (χ2v) is 6.12. The molecule has 1 saturated heterocycles. The maximum absolute atomic E-state index is 12.0. The van der Waals surface area contributed by atoms with Crippen LogP contribution in [0, 0.1) is 19.8 Å². The van der Waals surface area contributed by atoms with Gasteiger partial charge in [0.15, 0.2) is 5.82 Å². The summed E-state index contributed by atoms with van der Waals surface area (Å²) in [6.07, 6.45) is 4.25. The Kier molecular flexibility index (Phi) is 4.21. The Labute approximate surface area is 135 Å². The molecule has 1 N–H and O–H groups in total. The van der Waals surface area contributed by atoms with E-state index in [1.165, 1.54) is 10.1 Å². The third kappa shape index (κ3) is 2.88. The van der Waals surface area contributed by atoms with E-state index in [2.05, 4.69) is 22.3 Å². The zero-order valence-corrected chi connectivity index (χ0v) is 14.0. The molecule has 7 heteroatoms. The number of aromatic nitrogens is 4. The molecule has 1 fully saturated rings. The SMILES string of the molecule is Cc1nn(C)c(C)c1[C@H]1OCC[C@@H]1CNc1nccn(C)c1=O. The molecule has 0 amide bonds. The summed E-state index contributed by atoms with van der Waals surface area (Å²) in [4.78, 5) is 16.2. The van der Waals surface area contributed by atoms with Gasteiger partial charge >= 0.3 is 0 Å². The van der Waals surface area contributed by atoms with Crippen LogP contribution in [-0.4, -0.2) is 32.5 Å². The second kappa shape index (κ2) is 6.16. The van der Waals surface area contributed by atoms with Gasteiger partial charge in [0, 0.05) is 56.8 Å². The van der Waals surface area contributed by atoms with Gasteiger partial charge in [-0.25, -0.2) is 4.98 Å². The summed E-state index contributed by atoms with van der Waals surface area (Å²) in [6, 6.07) is 0. The minimum Gasteiger partial charge on any atom is -0.373 e. The van der Waals surface area contributed by atoms with Gasteiger partial charge < -0.3 is 14.6 Å². The molecule has 0 aliphatic carbocycles. The minimum absolute atomic E-state index is 0.0174. The summed E-state index contributed by atoms with van der Waals surface area (Å²) >= 11 is 0. The molecular formula is C16H23N5O2. The van der Waals surface area contributed by atoms with Crippen molar-refractivity contribution in [2.45, 2.75) is 26.4 Å². The Morgan fingerprint density at radius 2 is 2.17 bits per heavy atom. The highest BCUT2D eigenvalue weighted by Gasteiger charge is 2.33. The number of anilines is 1. The van der Waals surface area contributed by atoms with Gasteiger partial charge in [-0.2, -0.15) is 5.10 Å². The summed E-state index contributed by atoms with van der Waals surface area (Å²) in [7, 11) is 3.67. The third-order valence-corrected chi connectivity index (χ3v) is 4.61. The molecule has 0 radical (unpaired) electrons. The van der Waals surface area contributed by atoms with Crippen LogP contribution in [0.2, 0.25) is 0 Å². The number of rotatable bonds is 4. The van der Waals surface area contributed by atoms with E-state index in [4.69, 9.17) is 4.74 Å². The normalized spacial score (nSPS) is 20.9. The molecule has 3 rings (SSSR count). The summed E-state index contributed by atoms with van der Waals surface area (Å²) in [5.74, 6) is 0.684. The van der Waals surface area contributed by atoms with Gasteiger partial charge in [-0.15, -0.1) is 0 Å². The second-order valence-electron chi connectivity index (χ2n) is 6.12. The molecule has 0 saturated carbocycles. The first kappa shape index (κ1) is 15.7. The van der Waals surface area contributed by atoms with E-state index in [9.17, 15) is 4.79 Å². The number of aryl methyl sites for hydroxylation is 3. The Bertz CT molecular complexity index is 764. The van der Waals surface area contributed by atoms with Crippen LogP contribution in [0.5, 0.6) is 0 Å². The molecule has 0 bridgehead atoms. The fourth-order valence-corrected chi connectivity index (χ4v) is 3.21. The third-order valence-electron chi connectivity index (χ3n) is 4.61. The summed E-state index contributed by atoms with van der Waals surface area (Å²) in [5, 5.41) is 7.67. The molecule has 2 aromatic rings. The van der Waals surface area contributed by atoms with Crippen molar-refractivity contribution in [3.05, 3.63) is 39.7 Å². The van der Waals surface area contributed by atoms with Gasteiger partial charge in [-0.05, 0) is 20.3 Å². The number of nitrogens with zero attached hydrogens (tertiary/aromatic N) is 4. The van der Waals surface area contributed by atoms with Crippen molar-refractivity contribution in [1.29, 1.82) is 0 Å². The van der Waals surface area contributed by atoms with Crippen LogP contribution < -0.4 is 10.9 Å². The summed E-state index contributed by atoms with van der Waals surface area (Å²) < 4.78 is 9.39. The maximum atomic E-state index is 12.0. The molecule has 0 unspecified atom stereocenters. The molecule has 1 aliphatic heterocycles. The van der Waals surface area contributed by atoms with E-state index in [0.29, 0.717) is 18.3 Å². The van der Waals surface area contributed by atoms with Crippen molar-refractivity contribution >= 4 is 5.82 Å². The molecule has 1 aliphatic rings. The van der Waals surface area contributed by atoms with E-state index >= 15 is 0 Å². The lowest BCUT2D eigenvalue weighted by Crippen LogP contribution is -2.26. The Hall–Kier alpha value is -2.15. The van der Waals surface area contributed by atoms with Gasteiger partial charge in [0.1, 0.15) is 0 Å². The van der Waals surface area contributed by atoms with Crippen LogP contribution in [-0.2, 0) is 18.8 Å². The van der Waals surface area contributed by atoms with E-state index in [-0.39, 0.29) is 11.7 Å². The first-order chi connectivity index (χ1) is 11.0. The number of ether oxygens (including phenoxy) is 1. The summed E-state index contributed by atoms with van der Waals surface area (Å²) in [6.45, 7) is 5.47. The van der Waals surface area contributed by atoms with Crippen LogP contribution in [0.1, 0.15) is 29.5 Å². The molecule has 23 heavy (non-hydrogen) atoms. The highest BCUT2D eigenvalue weighted by Crippen LogP contribution is 2.37. The highest BCUT2D eigenvalue weighted by atomic mass is 16.5. The van der Waals surface area contributed by atoms with Crippen molar-refractivity contribution in [3.63, 3.8) is 0 Å². The fourth-order valence-electron chi connectivity index (χ4n) is 3.21. The first-order valence-electron chi connectivity index (χ1n) is 7.86. The topological polar surface area (TPSA) is 74.0 Å². The number of hydrogen-bond donors (Lipinski definition) is 1. The Morgan fingerprint density at radius 3 is 2.87 bits per heavy atom. The Morgan fingerprint density at radius 1 is 1.39 bits per heavy atom. The largest absolute Gasteiger partial charge is 0.373 e. The zero-order valence-electron chi connectivity index (χ0n) is 14.0. The van der Waals surface area contributed by atoms with Crippen molar-refractivity contribution in [2.75, 3.05) is 18.5 Å². The van der Waals surface area contributed by atoms with Crippen molar-refractivity contribution in [3.8, 4) is 0 Å². The van der Waals surface area contributed by atoms with Crippen molar-refractivity contribution in [2.24, 2.45) is 20.0 Å². The van der Waals surface area contributed by atoms with Crippen LogP contribution in [0.3, 0.4) is 0 Å². The van der Waals surface area contributed by atoms with Crippen LogP contribution in [0.15, 0.2) is 17.2 Å². The van der Waals surface area contributed by atoms with Gasteiger partial charge in [-0.3, -0.25) is 9.48 Å². The van der Waals surface area contributed by atoms with Gasteiger partial charge in [0.05, 0.1) is 11.8 Å². The maximum Gasteiger partial charge on any atom is 0.293 e. The number of nitrogens with one attached hydrogen (secondary N) is 1. The number of hydrogen-bond acceptors (Lipinski definition) is 5. The Balaban J connectivity index is 1.77. The smallest absolute Gasteiger partial charge is 0.293 e. The van der Waals surface area contributed by atoms with Crippen LogP contribution >= 0.6 is 0 Å². The van der Waals surface area contributed by atoms with E-state index in [0.717, 1.165) is 24.4 Å². The molecule has 3 heterocycles. The molecule has 0 spiro atoms. The lowest BCUT2D eigenvalue weighted by Gasteiger charge is -2.20. The van der Waals surface area contributed by atoms with Crippen molar-refractivity contribution < 1.29 is 4.74 Å². The average molecular weight is 317 g/mol. The quantitative estimate of drug-likeness (QED) is 0.920. The standard InChI is InChI=1S/C16H23N5O2/c1-10-13(11(2)21(4)19-10)14-12(5-8-23-14)9-18-15-16(22)20(3)7-6-17-15/h6-7,12,14H,5,8-9H2,1-4H3,(H,17,18)/t12-,14+/m1/s1. The lowest BCUT2D eigenvalue weighted by molar-refractivity contribution is 0.0922. The molecule has 2 aromatic heterocycles. The lowest BCUT2D eigenvalue weighted by atomic mass is 9.94. The van der Waals surface area contributed by atoms with E-state index in [1.54, 1.807) is 19.4 Å². The molecule has 124 valence electrons. The molecule has 2 atom stereocenters. The zero-order chi connectivity index (χ0) is 16.6. The van der Waals surface area contributed by atoms with Gasteiger partial charge in [-0.1, -0.05) is 0 Å². The molecule has 7 nitrogen and oxygen atoms in total. The van der Waals surface area contributed by atoms with E-state index in [1.807, 2.05) is 18.7 Å². The fraction of sp³-hybridized carbons (Fsp3) is 0.562. The van der Waals surface area contributed by atoms with Crippen LogP contribution in [0.25, 0.3) is 0 Å². The molecular weight excluding hydrogens is 294 g/mol.